The van der Waals surface area contributed by atoms with Crippen LogP contribution in [0.3, 0.4) is 0 Å². The fourth-order valence-electron chi connectivity index (χ4n) is 2.09. The minimum Gasteiger partial charge on any atom is -0.347 e. The average Bonchev–Trinajstić information content (AvgIpc) is 2.50. The van der Waals surface area contributed by atoms with Crippen molar-refractivity contribution in [3.05, 3.63) is 0 Å². The summed E-state index contributed by atoms with van der Waals surface area (Å²) in [7, 11) is 0. The highest BCUT2D eigenvalue weighted by atomic mass is 16.7. The van der Waals surface area contributed by atoms with E-state index in [-0.39, 0.29) is 11.9 Å². The van der Waals surface area contributed by atoms with E-state index in [4.69, 9.17) is 15.2 Å². The molecule has 0 aromatic heterocycles. The Morgan fingerprint density at radius 2 is 2.00 bits per heavy atom. The molecule has 1 aliphatic carbocycles. The van der Waals surface area contributed by atoms with Crippen LogP contribution in [0.25, 0.3) is 0 Å². The van der Waals surface area contributed by atoms with Crippen molar-refractivity contribution in [3.63, 3.8) is 0 Å². The predicted octanol–water partition coefficient (Wildman–Crippen LogP) is 1.02. The molecule has 2 fully saturated rings. The molecule has 2 rings (SSSR count). The largest absolute Gasteiger partial charge is 0.347 e. The van der Waals surface area contributed by atoms with Crippen molar-refractivity contribution in [1.82, 2.24) is 0 Å². The Kier molecular flexibility index (Phi) is 2.35. The molecule has 3 nitrogen and oxygen atoms in total. The van der Waals surface area contributed by atoms with E-state index in [1.165, 1.54) is 19.3 Å². The van der Waals surface area contributed by atoms with E-state index in [9.17, 15) is 0 Å². The van der Waals surface area contributed by atoms with Crippen molar-refractivity contribution in [2.45, 2.75) is 44.0 Å². The summed E-state index contributed by atoms with van der Waals surface area (Å²) in [5, 5.41) is 0. The SMILES string of the molecule is NC[C@@H]1COC2(CCCCC2)O1. The Labute approximate surface area is 73.2 Å². The fourth-order valence-corrected chi connectivity index (χ4v) is 2.09. The second kappa shape index (κ2) is 3.32. The van der Waals surface area contributed by atoms with Gasteiger partial charge in [0.2, 0.25) is 0 Å². The van der Waals surface area contributed by atoms with Gasteiger partial charge >= 0.3 is 0 Å². The topological polar surface area (TPSA) is 44.5 Å². The lowest BCUT2D eigenvalue weighted by atomic mass is 9.94. The van der Waals surface area contributed by atoms with Crippen molar-refractivity contribution in [3.8, 4) is 0 Å². The molecule has 1 saturated heterocycles. The van der Waals surface area contributed by atoms with Crippen LogP contribution in [0.4, 0.5) is 0 Å². The number of hydrogen-bond donors (Lipinski definition) is 1. The van der Waals surface area contributed by atoms with Gasteiger partial charge in [0.05, 0.1) is 12.7 Å². The number of ether oxygens (including phenoxy) is 2. The van der Waals surface area contributed by atoms with E-state index in [1.54, 1.807) is 0 Å². The van der Waals surface area contributed by atoms with Gasteiger partial charge in [0, 0.05) is 19.4 Å². The van der Waals surface area contributed by atoms with Gasteiger partial charge in [-0.3, -0.25) is 0 Å². The predicted molar refractivity (Wildman–Crippen MR) is 45.7 cm³/mol. The van der Waals surface area contributed by atoms with E-state index >= 15 is 0 Å². The average molecular weight is 171 g/mol. The standard InChI is InChI=1S/C9H17NO2/c10-6-8-7-11-9(12-8)4-2-1-3-5-9/h8H,1-7,10H2/t8-/m1/s1. The molecule has 1 spiro atoms. The molecule has 0 aromatic rings. The zero-order valence-corrected chi connectivity index (χ0v) is 7.42. The third-order valence-corrected chi connectivity index (χ3v) is 2.79. The van der Waals surface area contributed by atoms with Crippen LogP contribution in [0.1, 0.15) is 32.1 Å². The first-order valence-electron chi connectivity index (χ1n) is 4.86. The minimum atomic E-state index is -0.234. The molecular formula is C9H17NO2. The molecular weight excluding hydrogens is 154 g/mol. The minimum absolute atomic E-state index is 0.142. The van der Waals surface area contributed by atoms with Crippen LogP contribution in [0.5, 0.6) is 0 Å². The fraction of sp³-hybridized carbons (Fsp3) is 1.00. The number of hydrogen-bond acceptors (Lipinski definition) is 3. The van der Waals surface area contributed by atoms with Crippen molar-refractivity contribution in [2.75, 3.05) is 13.2 Å². The maximum Gasteiger partial charge on any atom is 0.168 e. The molecule has 1 heterocycles. The molecule has 1 atom stereocenters. The summed E-state index contributed by atoms with van der Waals surface area (Å²) in [4.78, 5) is 0. The Bertz CT molecular complexity index is 155. The third-order valence-electron chi connectivity index (χ3n) is 2.79. The molecule has 70 valence electrons. The van der Waals surface area contributed by atoms with Gasteiger partial charge in [0.15, 0.2) is 5.79 Å². The van der Waals surface area contributed by atoms with E-state index in [2.05, 4.69) is 0 Å². The first-order chi connectivity index (χ1) is 5.85. The maximum atomic E-state index is 5.79. The van der Waals surface area contributed by atoms with E-state index in [0.29, 0.717) is 13.2 Å². The van der Waals surface area contributed by atoms with Crippen molar-refractivity contribution in [1.29, 1.82) is 0 Å². The Morgan fingerprint density at radius 1 is 1.25 bits per heavy atom. The number of rotatable bonds is 1. The first-order valence-corrected chi connectivity index (χ1v) is 4.86. The van der Waals surface area contributed by atoms with E-state index in [0.717, 1.165) is 12.8 Å². The quantitative estimate of drug-likeness (QED) is 0.640. The molecule has 0 bridgehead atoms. The van der Waals surface area contributed by atoms with Gasteiger partial charge in [-0.05, 0) is 12.8 Å². The zero-order valence-electron chi connectivity index (χ0n) is 7.42. The summed E-state index contributed by atoms with van der Waals surface area (Å²) in [6, 6.07) is 0. The lowest BCUT2D eigenvalue weighted by Crippen LogP contribution is -2.34. The van der Waals surface area contributed by atoms with Crippen LogP contribution in [-0.2, 0) is 9.47 Å². The highest BCUT2D eigenvalue weighted by molar-refractivity contribution is 4.82. The normalized spacial score (nSPS) is 34.2. The summed E-state index contributed by atoms with van der Waals surface area (Å²) in [5.41, 5.74) is 5.52. The number of nitrogens with two attached hydrogens (primary N) is 1. The molecule has 12 heavy (non-hydrogen) atoms. The Hall–Kier alpha value is -0.120. The second-order valence-corrected chi connectivity index (χ2v) is 3.76. The van der Waals surface area contributed by atoms with Crippen LogP contribution >= 0.6 is 0 Å². The molecule has 1 saturated carbocycles. The van der Waals surface area contributed by atoms with Crippen molar-refractivity contribution < 1.29 is 9.47 Å². The highest BCUT2D eigenvalue weighted by Crippen LogP contribution is 2.37. The zero-order chi connectivity index (χ0) is 8.44. The Balaban J connectivity index is 1.94. The summed E-state index contributed by atoms with van der Waals surface area (Å²) in [5.74, 6) is -0.234. The van der Waals surface area contributed by atoms with Crippen LogP contribution < -0.4 is 5.73 Å². The molecule has 0 unspecified atom stereocenters. The van der Waals surface area contributed by atoms with Crippen molar-refractivity contribution in [2.24, 2.45) is 5.73 Å². The molecule has 2 N–H and O–H groups in total. The van der Waals surface area contributed by atoms with Gasteiger partial charge in [0.25, 0.3) is 0 Å². The molecule has 1 aliphatic heterocycles. The van der Waals surface area contributed by atoms with Crippen molar-refractivity contribution >= 4 is 0 Å². The molecule has 0 amide bonds. The maximum absolute atomic E-state index is 5.79. The van der Waals surface area contributed by atoms with Crippen LogP contribution in [0.2, 0.25) is 0 Å². The van der Waals surface area contributed by atoms with Gasteiger partial charge in [-0.1, -0.05) is 6.42 Å². The van der Waals surface area contributed by atoms with Crippen LogP contribution in [0.15, 0.2) is 0 Å². The molecule has 0 aromatic carbocycles. The highest BCUT2D eigenvalue weighted by Gasteiger charge is 2.41. The van der Waals surface area contributed by atoms with E-state index in [1.807, 2.05) is 0 Å². The van der Waals surface area contributed by atoms with Gasteiger partial charge in [0.1, 0.15) is 0 Å². The molecule has 2 aliphatic rings. The monoisotopic (exact) mass is 171 g/mol. The Morgan fingerprint density at radius 3 is 2.58 bits per heavy atom. The van der Waals surface area contributed by atoms with Gasteiger partial charge in [-0.2, -0.15) is 0 Å². The lowest BCUT2D eigenvalue weighted by Gasteiger charge is -2.31. The summed E-state index contributed by atoms with van der Waals surface area (Å²) in [6.45, 7) is 1.28. The molecule has 3 heteroatoms. The lowest BCUT2D eigenvalue weighted by molar-refractivity contribution is -0.186. The summed E-state index contributed by atoms with van der Waals surface area (Å²) >= 11 is 0. The third kappa shape index (κ3) is 1.49. The van der Waals surface area contributed by atoms with E-state index < -0.39 is 0 Å². The summed E-state index contributed by atoms with van der Waals surface area (Å²) < 4.78 is 11.5. The molecule has 0 radical (unpaired) electrons. The smallest absolute Gasteiger partial charge is 0.168 e. The summed E-state index contributed by atoms with van der Waals surface area (Å²) in [6.07, 6.45) is 6.05. The van der Waals surface area contributed by atoms with Gasteiger partial charge in [-0.15, -0.1) is 0 Å². The first kappa shape index (κ1) is 8.48. The van der Waals surface area contributed by atoms with Crippen LogP contribution in [0, 0.1) is 0 Å². The second-order valence-electron chi connectivity index (χ2n) is 3.76. The van der Waals surface area contributed by atoms with Gasteiger partial charge < -0.3 is 15.2 Å². The van der Waals surface area contributed by atoms with Crippen LogP contribution in [-0.4, -0.2) is 25.0 Å². The van der Waals surface area contributed by atoms with Gasteiger partial charge in [-0.25, -0.2) is 0 Å².